The molecule has 0 fully saturated rings. The lowest BCUT2D eigenvalue weighted by molar-refractivity contribution is 0.313. The van der Waals surface area contributed by atoms with Crippen molar-refractivity contribution < 1.29 is 4.74 Å². The van der Waals surface area contributed by atoms with Gasteiger partial charge in [0.15, 0.2) is 0 Å². The predicted molar refractivity (Wildman–Crippen MR) is 72.5 cm³/mol. The summed E-state index contributed by atoms with van der Waals surface area (Å²) in [5.74, 6) is 0.959. The molecule has 96 valence electrons. The molecule has 0 unspecified atom stereocenters. The van der Waals surface area contributed by atoms with Crippen LogP contribution >= 0.6 is 0 Å². The van der Waals surface area contributed by atoms with E-state index in [1.54, 1.807) is 0 Å². The third-order valence-electron chi connectivity index (χ3n) is 2.59. The van der Waals surface area contributed by atoms with Crippen LogP contribution in [-0.2, 0) is 6.42 Å². The lowest BCUT2D eigenvalue weighted by Crippen LogP contribution is -2.13. The van der Waals surface area contributed by atoms with Crippen LogP contribution in [0.15, 0.2) is 24.3 Å². The molecule has 0 spiro atoms. The summed E-state index contributed by atoms with van der Waals surface area (Å²) < 4.78 is 5.62. The molecule has 0 heterocycles. The summed E-state index contributed by atoms with van der Waals surface area (Å²) in [6.45, 7) is 2.51. The summed E-state index contributed by atoms with van der Waals surface area (Å²) in [5, 5.41) is 0. The van der Waals surface area contributed by atoms with Gasteiger partial charge in [0, 0.05) is 0 Å². The number of hydrogen-bond acceptors (Lipinski definition) is 3. The van der Waals surface area contributed by atoms with Crippen LogP contribution in [-0.4, -0.2) is 38.7 Å². The zero-order chi connectivity index (χ0) is 12.5. The minimum Gasteiger partial charge on any atom is -0.494 e. The summed E-state index contributed by atoms with van der Waals surface area (Å²) in [6, 6.07) is 8.35. The minimum atomic E-state index is 0.683. The fraction of sp³-hybridized carbons (Fsp3) is 0.571. The summed E-state index contributed by atoms with van der Waals surface area (Å²) in [6.07, 6.45) is 3.19. The maximum atomic E-state index is 5.62. The quantitative estimate of drug-likeness (QED) is 0.701. The first-order valence-electron chi connectivity index (χ1n) is 6.29. The van der Waals surface area contributed by atoms with E-state index in [-0.39, 0.29) is 0 Å². The molecule has 17 heavy (non-hydrogen) atoms. The van der Waals surface area contributed by atoms with E-state index in [0.717, 1.165) is 25.1 Å². The molecule has 0 saturated carbocycles. The summed E-state index contributed by atoms with van der Waals surface area (Å²) in [7, 11) is 4.21. The van der Waals surface area contributed by atoms with Crippen molar-refractivity contribution in [2.45, 2.75) is 19.3 Å². The highest BCUT2D eigenvalue weighted by Crippen LogP contribution is 2.14. The standard InChI is InChI=1S/C14H24N2O/c1-16(2)10-4-7-13-6-3-8-14(12-13)17-11-5-9-15/h3,6,8,12H,4-5,7,9-11,15H2,1-2H3. The van der Waals surface area contributed by atoms with Gasteiger partial charge in [-0.25, -0.2) is 0 Å². The van der Waals surface area contributed by atoms with Gasteiger partial charge in [-0.2, -0.15) is 0 Å². The molecule has 0 aliphatic carbocycles. The minimum absolute atomic E-state index is 0.683. The molecule has 0 aromatic heterocycles. The van der Waals surface area contributed by atoms with Gasteiger partial charge in [0.25, 0.3) is 0 Å². The number of hydrogen-bond donors (Lipinski definition) is 1. The molecule has 0 bridgehead atoms. The average Bonchev–Trinajstić information content (AvgIpc) is 2.29. The Balaban J connectivity index is 2.37. The Labute approximate surface area is 105 Å². The molecule has 0 radical (unpaired) electrons. The van der Waals surface area contributed by atoms with E-state index < -0.39 is 0 Å². The van der Waals surface area contributed by atoms with Gasteiger partial charge in [0.05, 0.1) is 6.61 Å². The first-order chi connectivity index (χ1) is 8.22. The van der Waals surface area contributed by atoms with Gasteiger partial charge in [0.2, 0.25) is 0 Å². The van der Waals surface area contributed by atoms with Crippen molar-refractivity contribution in [2.24, 2.45) is 5.73 Å². The van der Waals surface area contributed by atoms with E-state index >= 15 is 0 Å². The first-order valence-corrected chi connectivity index (χ1v) is 6.29. The van der Waals surface area contributed by atoms with Crippen molar-refractivity contribution in [1.29, 1.82) is 0 Å². The van der Waals surface area contributed by atoms with Crippen LogP contribution in [0.1, 0.15) is 18.4 Å². The average molecular weight is 236 g/mol. The van der Waals surface area contributed by atoms with Crippen LogP contribution in [0.3, 0.4) is 0 Å². The van der Waals surface area contributed by atoms with Crippen LogP contribution in [0, 0.1) is 0 Å². The topological polar surface area (TPSA) is 38.5 Å². The van der Waals surface area contributed by atoms with E-state index in [4.69, 9.17) is 10.5 Å². The van der Waals surface area contributed by atoms with E-state index in [1.807, 2.05) is 6.07 Å². The SMILES string of the molecule is CN(C)CCCc1cccc(OCCCN)c1. The van der Waals surface area contributed by atoms with Crippen LogP contribution in [0.5, 0.6) is 5.75 Å². The van der Waals surface area contributed by atoms with Gasteiger partial charge in [-0.1, -0.05) is 12.1 Å². The molecule has 3 nitrogen and oxygen atoms in total. The van der Waals surface area contributed by atoms with Gasteiger partial charge >= 0.3 is 0 Å². The maximum Gasteiger partial charge on any atom is 0.119 e. The number of ether oxygens (including phenoxy) is 1. The highest BCUT2D eigenvalue weighted by Gasteiger charge is 1.98. The second-order valence-electron chi connectivity index (χ2n) is 4.54. The Hall–Kier alpha value is -1.06. The molecule has 3 heteroatoms. The van der Waals surface area contributed by atoms with Crippen molar-refractivity contribution in [3.63, 3.8) is 0 Å². The predicted octanol–water partition coefficient (Wildman–Crippen LogP) is 1.91. The zero-order valence-corrected chi connectivity index (χ0v) is 11.0. The number of nitrogens with two attached hydrogens (primary N) is 1. The fourth-order valence-corrected chi connectivity index (χ4v) is 1.66. The van der Waals surface area contributed by atoms with Gasteiger partial charge in [-0.15, -0.1) is 0 Å². The van der Waals surface area contributed by atoms with E-state index in [2.05, 4.69) is 37.2 Å². The Morgan fingerprint density at radius 2 is 2.06 bits per heavy atom. The van der Waals surface area contributed by atoms with Crippen molar-refractivity contribution in [2.75, 3.05) is 33.8 Å². The smallest absolute Gasteiger partial charge is 0.119 e. The van der Waals surface area contributed by atoms with Crippen LogP contribution in [0.4, 0.5) is 0 Å². The molecule has 0 amide bonds. The fourth-order valence-electron chi connectivity index (χ4n) is 1.66. The Kier molecular flexibility index (Phi) is 6.67. The molecule has 0 aliphatic rings. The van der Waals surface area contributed by atoms with Gasteiger partial charge in [-0.3, -0.25) is 0 Å². The van der Waals surface area contributed by atoms with Crippen LogP contribution in [0.25, 0.3) is 0 Å². The highest BCUT2D eigenvalue weighted by molar-refractivity contribution is 5.28. The normalized spacial score (nSPS) is 10.8. The monoisotopic (exact) mass is 236 g/mol. The molecular weight excluding hydrogens is 212 g/mol. The lowest BCUT2D eigenvalue weighted by atomic mass is 10.1. The molecule has 1 aromatic rings. The van der Waals surface area contributed by atoms with Gasteiger partial charge < -0.3 is 15.4 Å². The number of aryl methyl sites for hydroxylation is 1. The van der Waals surface area contributed by atoms with E-state index in [1.165, 1.54) is 12.0 Å². The summed E-state index contributed by atoms with van der Waals surface area (Å²) in [5.41, 5.74) is 6.78. The number of rotatable bonds is 8. The second kappa shape index (κ2) is 8.09. The maximum absolute atomic E-state index is 5.62. The largest absolute Gasteiger partial charge is 0.494 e. The first kappa shape index (κ1) is 14.0. The Bertz CT molecular complexity index is 313. The van der Waals surface area contributed by atoms with E-state index in [9.17, 15) is 0 Å². The van der Waals surface area contributed by atoms with Crippen LogP contribution in [0.2, 0.25) is 0 Å². The molecule has 0 saturated heterocycles. The van der Waals surface area contributed by atoms with Gasteiger partial charge in [-0.05, 0) is 64.1 Å². The van der Waals surface area contributed by atoms with E-state index in [0.29, 0.717) is 13.2 Å². The summed E-state index contributed by atoms with van der Waals surface area (Å²) in [4.78, 5) is 2.21. The third-order valence-corrected chi connectivity index (χ3v) is 2.59. The van der Waals surface area contributed by atoms with Crippen LogP contribution < -0.4 is 10.5 Å². The molecule has 2 N–H and O–H groups in total. The molecular formula is C14H24N2O. The molecule has 1 aromatic carbocycles. The van der Waals surface area contributed by atoms with Crippen molar-refractivity contribution in [3.05, 3.63) is 29.8 Å². The third kappa shape index (κ3) is 6.29. The summed E-state index contributed by atoms with van der Waals surface area (Å²) >= 11 is 0. The number of benzene rings is 1. The second-order valence-corrected chi connectivity index (χ2v) is 4.54. The molecule has 0 aliphatic heterocycles. The lowest BCUT2D eigenvalue weighted by Gasteiger charge is -2.10. The molecule has 0 atom stereocenters. The Morgan fingerprint density at radius 1 is 1.24 bits per heavy atom. The zero-order valence-electron chi connectivity index (χ0n) is 11.0. The van der Waals surface area contributed by atoms with Crippen molar-refractivity contribution in [1.82, 2.24) is 4.90 Å². The van der Waals surface area contributed by atoms with Crippen molar-refractivity contribution >= 4 is 0 Å². The van der Waals surface area contributed by atoms with Gasteiger partial charge in [0.1, 0.15) is 5.75 Å². The highest BCUT2D eigenvalue weighted by atomic mass is 16.5. The number of nitrogens with zero attached hydrogens (tertiary/aromatic N) is 1. The van der Waals surface area contributed by atoms with Crippen molar-refractivity contribution in [3.8, 4) is 5.75 Å². The molecule has 1 rings (SSSR count). The Morgan fingerprint density at radius 3 is 2.76 bits per heavy atom.